The molecule has 0 saturated carbocycles. The van der Waals surface area contributed by atoms with Crippen LogP contribution in [0, 0.1) is 11.3 Å². The maximum atomic E-state index is 9.19. The van der Waals surface area contributed by atoms with Gasteiger partial charge in [0.25, 0.3) is 0 Å². The summed E-state index contributed by atoms with van der Waals surface area (Å²) in [6.07, 6.45) is 4.53. The average molecular weight is 229 g/mol. The first-order valence-corrected chi connectivity index (χ1v) is 6.21. The summed E-state index contributed by atoms with van der Waals surface area (Å²) in [7, 11) is 0. The van der Waals surface area contributed by atoms with Crippen molar-refractivity contribution in [2.45, 2.75) is 52.0 Å². The van der Waals surface area contributed by atoms with Crippen LogP contribution in [0.3, 0.4) is 0 Å². The van der Waals surface area contributed by atoms with Gasteiger partial charge in [0.15, 0.2) is 0 Å². The summed E-state index contributed by atoms with van der Waals surface area (Å²) in [5.74, 6) is 0.737. The summed E-state index contributed by atoms with van der Waals surface area (Å²) in [6.45, 7) is 6.24. The van der Waals surface area contributed by atoms with Crippen LogP contribution >= 0.6 is 0 Å². The highest BCUT2D eigenvalue weighted by molar-refractivity contribution is 5.55. The van der Waals surface area contributed by atoms with Gasteiger partial charge in [-0.1, -0.05) is 0 Å². The summed E-state index contributed by atoms with van der Waals surface area (Å²) < 4.78 is 0. The van der Waals surface area contributed by atoms with Crippen molar-refractivity contribution in [1.29, 1.82) is 5.26 Å². The Bertz CT molecular complexity index is 464. The highest BCUT2D eigenvalue weighted by Crippen LogP contribution is 2.25. The lowest BCUT2D eigenvalue weighted by molar-refractivity contribution is 0.624. The largest absolute Gasteiger partial charge is 0.364 e. The molecule has 0 radical (unpaired) electrons. The Labute approximate surface area is 103 Å². The zero-order valence-electron chi connectivity index (χ0n) is 10.8. The number of pyridine rings is 1. The molecule has 0 saturated heterocycles. The number of anilines is 1. The van der Waals surface area contributed by atoms with E-state index in [-0.39, 0.29) is 5.54 Å². The molecule has 1 aromatic rings. The Balaban J connectivity index is 2.41. The van der Waals surface area contributed by atoms with Gasteiger partial charge in [0, 0.05) is 11.2 Å². The fraction of sp³-hybridized carbons (Fsp3) is 0.571. The zero-order chi connectivity index (χ0) is 12.5. The summed E-state index contributed by atoms with van der Waals surface area (Å²) in [4.78, 5) is 4.64. The van der Waals surface area contributed by atoms with Crippen molar-refractivity contribution in [2.24, 2.45) is 0 Å². The summed E-state index contributed by atoms with van der Waals surface area (Å²) in [5, 5.41) is 12.5. The van der Waals surface area contributed by atoms with Gasteiger partial charge in [-0.25, -0.2) is 4.98 Å². The van der Waals surface area contributed by atoms with Gasteiger partial charge in [0.2, 0.25) is 0 Å². The number of hydrogen-bond acceptors (Lipinski definition) is 3. The Morgan fingerprint density at radius 1 is 1.29 bits per heavy atom. The molecule has 0 aromatic carbocycles. The predicted molar refractivity (Wildman–Crippen MR) is 69.0 cm³/mol. The maximum Gasteiger partial charge on any atom is 0.144 e. The number of aromatic nitrogens is 1. The highest BCUT2D eigenvalue weighted by atomic mass is 15.0. The van der Waals surface area contributed by atoms with E-state index in [2.05, 4.69) is 37.1 Å². The van der Waals surface area contributed by atoms with Crippen molar-refractivity contribution in [2.75, 3.05) is 5.32 Å². The molecule has 1 N–H and O–H groups in total. The van der Waals surface area contributed by atoms with Crippen LogP contribution in [0.2, 0.25) is 0 Å². The molecule has 0 spiro atoms. The number of rotatable bonds is 1. The molecular formula is C14H19N3. The Hall–Kier alpha value is -1.56. The molecule has 0 aliphatic heterocycles. The van der Waals surface area contributed by atoms with E-state index in [9.17, 15) is 5.26 Å². The van der Waals surface area contributed by atoms with Crippen LogP contribution in [0.25, 0.3) is 0 Å². The van der Waals surface area contributed by atoms with Crippen LogP contribution in [0.1, 0.15) is 50.4 Å². The maximum absolute atomic E-state index is 9.19. The van der Waals surface area contributed by atoms with Gasteiger partial charge in [-0.15, -0.1) is 0 Å². The predicted octanol–water partition coefficient (Wildman–Crippen LogP) is 3.04. The molecule has 0 unspecified atom stereocenters. The quantitative estimate of drug-likeness (QED) is 0.805. The van der Waals surface area contributed by atoms with Gasteiger partial charge in [0.05, 0.1) is 5.56 Å². The third-order valence-electron chi connectivity index (χ3n) is 2.91. The molecule has 0 fully saturated rings. The Morgan fingerprint density at radius 3 is 2.65 bits per heavy atom. The monoisotopic (exact) mass is 229 g/mol. The zero-order valence-corrected chi connectivity index (χ0v) is 10.8. The fourth-order valence-corrected chi connectivity index (χ4v) is 2.17. The van der Waals surface area contributed by atoms with Crippen molar-refractivity contribution >= 4 is 5.82 Å². The first-order valence-electron chi connectivity index (χ1n) is 6.21. The Kier molecular flexibility index (Phi) is 3.06. The third-order valence-corrected chi connectivity index (χ3v) is 2.91. The topological polar surface area (TPSA) is 48.7 Å². The highest BCUT2D eigenvalue weighted by Gasteiger charge is 2.18. The van der Waals surface area contributed by atoms with Crippen molar-refractivity contribution in [3.05, 3.63) is 22.9 Å². The third kappa shape index (κ3) is 2.76. The van der Waals surface area contributed by atoms with Gasteiger partial charge < -0.3 is 5.32 Å². The first kappa shape index (κ1) is 11.9. The molecule has 2 rings (SSSR count). The molecule has 1 heterocycles. The van der Waals surface area contributed by atoms with Crippen LogP contribution in [0.5, 0.6) is 0 Å². The molecule has 1 aliphatic carbocycles. The fourth-order valence-electron chi connectivity index (χ4n) is 2.17. The van der Waals surface area contributed by atoms with Crippen molar-refractivity contribution in [1.82, 2.24) is 4.98 Å². The molecule has 0 amide bonds. The van der Waals surface area contributed by atoms with E-state index < -0.39 is 0 Å². The van der Waals surface area contributed by atoms with E-state index in [1.165, 1.54) is 24.1 Å². The molecule has 3 nitrogen and oxygen atoms in total. The molecule has 1 aliphatic rings. The Morgan fingerprint density at radius 2 is 2.00 bits per heavy atom. The van der Waals surface area contributed by atoms with E-state index in [0.29, 0.717) is 5.56 Å². The minimum absolute atomic E-state index is 0.0680. The average Bonchev–Trinajstić information content (AvgIpc) is 2.26. The van der Waals surface area contributed by atoms with Crippen molar-refractivity contribution < 1.29 is 0 Å². The lowest BCUT2D eigenvalue weighted by atomic mass is 9.94. The summed E-state index contributed by atoms with van der Waals surface area (Å²) in [6, 6.07) is 4.25. The lowest BCUT2D eigenvalue weighted by Crippen LogP contribution is -2.27. The molecule has 0 bridgehead atoms. The number of nitrogens with zero attached hydrogens (tertiary/aromatic N) is 2. The second kappa shape index (κ2) is 4.37. The van der Waals surface area contributed by atoms with E-state index in [4.69, 9.17) is 0 Å². The summed E-state index contributed by atoms with van der Waals surface area (Å²) >= 11 is 0. The number of hydrogen-bond donors (Lipinski definition) is 1. The normalized spacial score (nSPS) is 14.9. The molecule has 3 heteroatoms. The SMILES string of the molecule is CC(C)(C)Nc1nc2c(cc1C#N)CCCC2. The summed E-state index contributed by atoms with van der Waals surface area (Å²) in [5.41, 5.74) is 3.02. The van der Waals surface area contributed by atoms with Crippen LogP contribution in [0.4, 0.5) is 5.82 Å². The van der Waals surface area contributed by atoms with Crippen LogP contribution in [-0.2, 0) is 12.8 Å². The van der Waals surface area contributed by atoms with E-state index >= 15 is 0 Å². The molecule has 90 valence electrons. The standard InChI is InChI=1S/C14H19N3/c1-14(2,3)17-13-11(9-15)8-10-6-4-5-7-12(10)16-13/h8H,4-7H2,1-3H3,(H,16,17). The molecule has 17 heavy (non-hydrogen) atoms. The van der Waals surface area contributed by atoms with Crippen molar-refractivity contribution in [3.8, 4) is 6.07 Å². The number of fused-ring (bicyclic) bond motifs is 1. The smallest absolute Gasteiger partial charge is 0.144 e. The number of nitriles is 1. The van der Waals surface area contributed by atoms with Crippen molar-refractivity contribution in [3.63, 3.8) is 0 Å². The first-order chi connectivity index (χ1) is 7.99. The molecule has 0 atom stereocenters. The van der Waals surface area contributed by atoms with E-state index in [0.717, 1.165) is 18.7 Å². The van der Waals surface area contributed by atoms with E-state index in [1.807, 2.05) is 6.07 Å². The van der Waals surface area contributed by atoms with Gasteiger partial charge in [0.1, 0.15) is 11.9 Å². The number of nitrogens with one attached hydrogen (secondary N) is 1. The molecule has 1 aromatic heterocycles. The van der Waals surface area contributed by atoms with Gasteiger partial charge in [-0.3, -0.25) is 0 Å². The van der Waals surface area contributed by atoms with Gasteiger partial charge in [-0.2, -0.15) is 5.26 Å². The van der Waals surface area contributed by atoms with E-state index in [1.54, 1.807) is 0 Å². The minimum Gasteiger partial charge on any atom is -0.364 e. The second-order valence-corrected chi connectivity index (χ2v) is 5.68. The van der Waals surface area contributed by atoms with Gasteiger partial charge in [-0.05, 0) is 58.1 Å². The van der Waals surface area contributed by atoms with Crippen LogP contribution in [-0.4, -0.2) is 10.5 Å². The lowest BCUT2D eigenvalue weighted by Gasteiger charge is -2.24. The van der Waals surface area contributed by atoms with Crippen LogP contribution < -0.4 is 5.32 Å². The number of aryl methyl sites for hydroxylation is 2. The van der Waals surface area contributed by atoms with Gasteiger partial charge >= 0.3 is 0 Å². The van der Waals surface area contributed by atoms with Crippen LogP contribution in [0.15, 0.2) is 6.07 Å². The second-order valence-electron chi connectivity index (χ2n) is 5.68. The minimum atomic E-state index is -0.0680. The molecular weight excluding hydrogens is 210 g/mol.